The minimum absolute atomic E-state index is 0.101. The van der Waals surface area contributed by atoms with Crippen LogP contribution in [-0.4, -0.2) is 40.0 Å². The number of amides is 1. The molecule has 2 aromatic rings. The average molecular weight is 328 g/mol. The lowest BCUT2D eigenvalue weighted by Gasteiger charge is -2.17. The van der Waals surface area contributed by atoms with Crippen molar-refractivity contribution < 1.29 is 19.1 Å². The smallest absolute Gasteiger partial charge is 0.308 e. The molecule has 0 bridgehead atoms. The molecule has 1 aromatic heterocycles. The van der Waals surface area contributed by atoms with E-state index in [1.165, 1.54) is 23.2 Å². The summed E-state index contributed by atoms with van der Waals surface area (Å²) < 4.78 is 13.5. The van der Waals surface area contributed by atoms with Gasteiger partial charge in [0.15, 0.2) is 0 Å². The summed E-state index contributed by atoms with van der Waals surface area (Å²) in [6, 6.07) is 7.65. The van der Waals surface area contributed by atoms with Gasteiger partial charge in [-0.2, -0.15) is 0 Å². The first-order chi connectivity index (χ1) is 11.5. The molecular weight excluding hydrogens is 311 g/mol. The molecule has 1 N–H and O–H groups in total. The van der Waals surface area contributed by atoms with Gasteiger partial charge in [0.25, 0.3) is 5.91 Å². The molecule has 5 nitrogen and oxygen atoms in total. The zero-order valence-electron chi connectivity index (χ0n) is 13.1. The second-order valence-corrected chi connectivity index (χ2v) is 6.01. The molecule has 1 saturated heterocycles. The quantitative estimate of drug-likeness (QED) is 0.939. The van der Waals surface area contributed by atoms with Gasteiger partial charge in [-0.25, -0.2) is 4.39 Å². The number of rotatable bonds is 3. The Morgan fingerprint density at radius 1 is 1.29 bits per heavy atom. The average Bonchev–Trinajstić information content (AvgIpc) is 3.00. The van der Waals surface area contributed by atoms with Gasteiger partial charge in [0.1, 0.15) is 5.82 Å². The van der Waals surface area contributed by atoms with Crippen LogP contribution in [0.1, 0.15) is 27.4 Å². The number of aliphatic carboxylic acids is 1. The number of carbonyl (C=O) groups excluding carboxylic acids is 1. The van der Waals surface area contributed by atoms with Gasteiger partial charge in [-0.15, -0.1) is 0 Å². The van der Waals surface area contributed by atoms with Crippen molar-refractivity contribution in [3.05, 3.63) is 65.2 Å². The van der Waals surface area contributed by atoms with E-state index in [1.54, 1.807) is 24.4 Å². The molecule has 1 aliphatic rings. The monoisotopic (exact) mass is 328 g/mol. The van der Waals surface area contributed by atoms with Gasteiger partial charge < -0.3 is 10.0 Å². The van der Waals surface area contributed by atoms with E-state index < -0.39 is 23.6 Å². The first-order valence-electron chi connectivity index (χ1n) is 7.65. The van der Waals surface area contributed by atoms with E-state index in [0.29, 0.717) is 11.1 Å². The fourth-order valence-electron chi connectivity index (χ4n) is 3.15. The molecule has 2 atom stereocenters. The number of aromatic nitrogens is 1. The molecule has 6 heteroatoms. The summed E-state index contributed by atoms with van der Waals surface area (Å²) in [5.41, 5.74) is 1.85. The summed E-state index contributed by atoms with van der Waals surface area (Å²) in [6.07, 6.45) is 3.09. The van der Waals surface area contributed by atoms with Crippen molar-refractivity contribution in [2.24, 2.45) is 5.92 Å². The highest BCUT2D eigenvalue weighted by molar-refractivity contribution is 5.96. The second kappa shape index (κ2) is 6.39. The zero-order valence-corrected chi connectivity index (χ0v) is 13.1. The van der Waals surface area contributed by atoms with Crippen LogP contribution in [0.5, 0.6) is 0 Å². The Labute approximate surface area is 138 Å². The van der Waals surface area contributed by atoms with Crippen molar-refractivity contribution >= 4 is 11.9 Å². The van der Waals surface area contributed by atoms with Crippen LogP contribution in [0.15, 0.2) is 42.7 Å². The van der Waals surface area contributed by atoms with Crippen molar-refractivity contribution in [3.8, 4) is 0 Å². The molecule has 1 fully saturated rings. The molecule has 0 aliphatic carbocycles. The number of hydrogen-bond donors (Lipinski definition) is 1. The van der Waals surface area contributed by atoms with Gasteiger partial charge >= 0.3 is 5.97 Å². The van der Waals surface area contributed by atoms with Crippen molar-refractivity contribution in [1.29, 1.82) is 0 Å². The Kier molecular flexibility index (Phi) is 4.29. The molecule has 1 amide bonds. The summed E-state index contributed by atoms with van der Waals surface area (Å²) in [7, 11) is 0. The molecule has 1 aliphatic heterocycles. The van der Waals surface area contributed by atoms with Crippen LogP contribution < -0.4 is 0 Å². The summed E-state index contributed by atoms with van der Waals surface area (Å²) in [4.78, 5) is 29.8. The van der Waals surface area contributed by atoms with Crippen molar-refractivity contribution in [2.45, 2.75) is 12.8 Å². The normalized spacial score (nSPS) is 20.2. The van der Waals surface area contributed by atoms with Crippen LogP contribution in [0.2, 0.25) is 0 Å². The maximum absolute atomic E-state index is 13.5. The molecule has 3 rings (SSSR count). The van der Waals surface area contributed by atoms with Crippen LogP contribution in [0.3, 0.4) is 0 Å². The van der Waals surface area contributed by atoms with Gasteiger partial charge in [0.2, 0.25) is 0 Å². The van der Waals surface area contributed by atoms with Crippen LogP contribution >= 0.6 is 0 Å². The largest absolute Gasteiger partial charge is 0.481 e. The lowest BCUT2D eigenvalue weighted by atomic mass is 9.89. The number of carboxylic acid groups (broad SMARTS) is 1. The van der Waals surface area contributed by atoms with E-state index >= 15 is 0 Å². The van der Waals surface area contributed by atoms with Gasteiger partial charge in [-0.3, -0.25) is 14.6 Å². The second-order valence-electron chi connectivity index (χ2n) is 6.01. The predicted molar refractivity (Wildman–Crippen MR) is 85.1 cm³/mol. The SMILES string of the molecule is Cc1ccncc1C(=O)N1C[C@@H](C(=O)O)[C@H](c2cccc(F)c2)C1. The molecular formula is C18H17FN2O3. The predicted octanol–water partition coefficient (Wildman–Crippen LogP) is 2.47. The van der Waals surface area contributed by atoms with Crippen molar-refractivity contribution in [2.75, 3.05) is 13.1 Å². The summed E-state index contributed by atoms with van der Waals surface area (Å²) >= 11 is 0. The summed E-state index contributed by atoms with van der Waals surface area (Å²) in [6.45, 7) is 2.15. The number of hydrogen-bond acceptors (Lipinski definition) is 3. The standard InChI is InChI=1S/C18H17FN2O3/c1-11-5-6-20-8-14(11)17(22)21-9-15(16(10-21)18(23)24)12-3-2-4-13(19)7-12/h2-8,15-16H,9-10H2,1H3,(H,23,24)/t15-,16+/m0/s1. The number of halogens is 1. The fraction of sp³-hybridized carbons (Fsp3) is 0.278. The van der Waals surface area contributed by atoms with Crippen molar-refractivity contribution in [3.63, 3.8) is 0 Å². The number of benzene rings is 1. The highest BCUT2D eigenvalue weighted by Crippen LogP contribution is 2.34. The Hall–Kier alpha value is -2.76. The maximum atomic E-state index is 13.5. The van der Waals surface area contributed by atoms with Crippen LogP contribution in [0.25, 0.3) is 0 Å². The topological polar surface area (TPSA) is 70.5 Å². The number of likely N-dealkylation sites (tertiary alicyclic amines) is 1. The number of pyridine rings is 1. The fourth-order valence-corrected chi connectivity index (χ4v) is 3.15. The van der Waals surface area contributed by atoms with Gasteiger partial charge in [-0.1, -0.05) is 12.1 Å². The minimum atomic E-state index is -0.984. The third-order valence-electron chi connectivity index (χ3n) is 4.47. The zero-order chi connectivity index (χ0) is 17.3. The first kappa shape index (κ1) is 16.1. The molecule has 2 heterocycles. The van der Waals surface area contributed by atoms with E-state index in [-0.39, 0.29) is 19.0 Å². The summed E-state index contributed by atoms with van der Waals surface area (Å²) in [5.74, 6) is -2.83. The summed E-state index contributed by atoms with van der Waals surface area (Å²) in [5, 5.41) is 9.49. The number of aryl methyl sites for hydroxylation is 1. The first-order valence-corrected chi connectivity index (χ1v) is 7.65. The molecule has 0 radical (unpaired) electrons. The van der Waals surface area contributed by atoms with Gasteiger partial charge in [-0.05, 0) is 36.2 Å². The highest BCUT2D eigenvalue weighted by Gasteiger charge is 2.41. The molecule has 1 aromatic carbocycles. The molecule has 124 valence electrons. The van der Waals surface area contributed by atoms with E-state index in [2.05, 4.69) is 4.98 Å². The van der Waals surface area contributed by atoms with Crippen LogP contribution in [0, 0.1) is 18.7 Å². The molecule has 24 heavy (non-hydrogen) atoms. The Morgan fingerprint density at radius 3 is 2.75 bits per heavy atom. The highest BCUT2D eigenvalue weighted by atomic mass is 19.1. The Balaban J connectivity index is 1.89. The van der Waals surface area contributed by atoms with E-state index in [0.717, 1.165) is 5.56 Å². The van der Waals surface area contributed by atoms with E-state index in [4.69, 9.17) is 0 Å². The Morgan fingerprint density at radius 2 is 2.08 bits per heavy atom. The minimum Gasteiger partial charge on any atom is -0.481 e. The third-order valence-corrected chi connectivity index (χ3v) is 4.47. The van der Waals surface area contributed by atoms with Gasteiger partial charge in [0, 0.05) is 31.4 Å². The number of carbonyl (C=O) groups is 2. The lowest BCUT2D eigenvalue weighted by molar-refractivity contribution is -0.141. The number of nitrogens with zero attached hydrogens (tertiary/aromatic N) is 2. The third kappa shape index (κ3) is 2.99. The maximum Gasteiger partial charge on any atom is 0.308 e. The van der Waals surface area contributed by atoms with E-state index in [9.17, 15) is 19.1 Å². The van der Waals surface area contributed by atoms with Crippen molar-refractivity contribution in [1.82, 2.24) is 9.88 Å². The van der Waals surface area contributed by atoms with Crippen LogP contribution in [0.4, 0.5) is 4.39 Å². The van der Waals surface area contributed by atoms with Crippen LogP contribution in [-0.2, 0) is 4.79 Å². The molecule has 0 spiro atoms. The Bertz CT molecular complexity index is 793. The van der Waals surface area contributed by atoms with E-state index in [1.807, 2.05) is 6.92 Å². The lowest BCUT2D eigenvalue weighted by Crippen LogP contribution is -2.30. The molecule has 0 saturated carbocycles. The number of carboxylic acids is 1. The van der Waals surface area contributed by atoms with Gasteiger partial charge in [0.05, 0.1) is 11.5 Å². The molecule has 0 unspecified atom stereocenters.